The van der Waals surface area contributed by atoms with Crippen molar-refractivity contribution in [2.45, 2.75) is 0 Å². The lowest BCUT2D eigenvalue weighted by Gasteiger charge is -2.18. The summed E-state index contributed by atoms with van der Waals surface area (Å²) in [5.74, 6) is -0.821. The molecule has 0 saturated carbocycles. The maximum absolute atomic E-state index is 11.3. The number of nitrogens with zero attached hydrogens (tertiary/aromatic N) is 3. The summed E-state index contributed by atoms with van der Waals surface area (Å²) in [6.07, 6.45) is 0. The molecule has 0 unspecified atom stereocenters. The summed E-state index contributed by atoms with van der Waals surface area (Å²) in [6.45, 7) is -0.647. The largest absolute Gasteiger partial charge is 0.410 e. The van der Waals surface area contributed by atoms with E-state index in [1.54, 1.807) is 0 Å². The number of carbonyl (C=O) groups is 1. The highest BCUT2D eigenvalue weighted by Crippen LogP contribution is 1.91. The summed E-state index contributed by atoms with van der Waals surface area (Å²) >= 11 is 0. The van der Waals surface area contributed by atoms with Crippen LogP contribution in [-0.2, 0) is 4.79 Å². The molecule has 0 fully saturated rings. The summed E-state index contributed by atoms with van der Waals surface area (Å²) in [5.41, 5.74) is -0.674. The Morgan fingerprint density at radius 1 is 1.36 bits per heavy atom. The second-order valence-electron chi connectivity index (χ2n) is 2.30. The van der Waals surface area contributed by atoms with E-state index in [9.17, 15) is 4.79 Å². The Morgan fingerprint density at radius 3 is 2.14 bits per heavy atom. The maximum atomic E-state index is 11.3. The van der Waals surface area contributed by atoms with Crippen LogP contribution in [-0.4, -0.2) is 58.2 Å². The minimum Gasteiger partial charge on any atom is -0.410 e. The van der Waals surface area contributed by atoms with Crippen molar-refractivity contribution < 1.29 is 20.2 Å². The third-order valence-electron chi connectivity index (χ3n) is 1.44. The van der Waals surface area contributed by atoms with Crippen LogP contribution >= 0.6 is 0 Å². The van der Waals surface area contributed by atoms with Crippen LogP contribution in [0.5, 0.6) is 0 Å². The molecule has 0 aromatic carbocycles. The van der Waals surface area contributed by atoms with Gasteiger partial charge in [-0.1, -0.05) is 5.16 Å². The summed E-state index contributed by atoms with van der Waals surface area (Å²) < 4.78 is 0. The first-order valence-electron chi connectivity index (χ1n) is 3.84. The van der Waals surface area contributed by atoms with Crippen LogP contribution < -0.4 is 0 Å². The summed E-state index contributed by atoms with van der Waals surface area (Å²) in [6, 6.07) is 1.39. The van der Waals surface area contributed by atoms with Crippen LogP contribution in [0.3, 0.4) is 0 Å². The molecule has 14 heavy (non-hydrogen) atoms. The summed E-state index contributed by atoms with van der Waals surface area (Å²) in [4.78, 5) is 12.3. The van der Waals surface area contributed by atoms with Gasteiger partial charge in [0.05, 0.1) is 13.2 Å². The zero-order valence-corrected chi connectivity index (χ0v) is 7.42. The molecule has 0 aliphatic carbocycles. The number of oxime groups is 1. The van der Waals surface area contributed by atoms with Crippen molar-refractivity contribution >= 4 is 11.6 Å². The second-order valence-corrected chi connectivity index (χ2v) is 2.30. The Labute approximate surface area is 80.5 Å². The minimum atomic E-state index is -0.821. The van der Waals surface area contributed by atoms with Crippen molar-refractivity contribution in [3.05, 3.63) is 0 Å². The van der Waals surface area contributed by atoms with Crippen LogP contribution in [0.1, 0.15) is 0 Å². The van der Waals surface area contributed by atoms with Gasteiger partial charge in [-0.3, -0.25) is 4.79 Å². The van der Waals surface area contributed by atoms with Gasteiger partial charge in [-0.15, -0.1) is 0 Å². The third kappa shape index (κ3) is 3.38. The molecule has 0 aromatic rings. The number of aliphatic hydroxyl groups is 2. The zero-order chi connectivity index (χ0) is 11.0. The SMILES string of the molecule is N#C/C(=N/O)C(=O)N(CCO)CCO. The summed E-state index contributed by atoms with van der Waals surface area (Å²) in [7, 11) is 0. The normalized spacial score (nSPS) is 10.8. The molecule has 0 saturated heterocycles. The van der Waals surface area contributed by atoms with E-state index in [1.807, 2.05) is 0 Å². The first-order chi connectivity index (χ1) is 6.71. The highest BCUT2D eigenvalue weighted by molar-refractivity contribution is 6.44. The van der Waals surface area contributed by atoms with Crippen LogP contribution in [0.15, 0.2) is 5.16 Å². The molecule has 0 rings (SSSR count). The van der Waals surface area contributed by atoms with Gasteiger partial charge in [0.15, 0.2) is 0 Å². The third-order valence-corrected chi connectivity index (χ3v) is 1.44. The lowest BCUT2D eigenvalue weighted by atomic mass is 10.3. The fourth-order valence-electron chi connectivity index (χ4n) is 0.819. The monoisotopic (exact) mass is 201 g/mol. The zero-order valence-electron chi connectivity index (χ0n) is 7.42. The van der Waals surface area contributed by atoms with Crippen molar-refractivity contribution in [1.82, 2.24) is 4.90 Å². The van der Waals surface area contributed by atoms with Gasteiger partial charge >= 0.3 is 0 Å². The van der Waals surface area contributed by atoms with E-state index >= 15 is 0 Å². The van der Waals surface area contributed by atoms with E-state index in [2.05, 4.69) is 5.16 Å². The van der Waals surface area contributed by atoms with Gasteiger partial charge < -0.3 is 20.3 Å². The number of rotatable bonds is 5. The first kappa shape index (κ1) is 12.3. The number of aliphatic hydroxyl groups excluding tert-OH is 2. The number of nitriles is 1. The first-order valence-corrected chi connectivity index (χ1v) is 3.84. The second kappa shape index (κ2) is 6.82. The van der Waals surface area contributed by atoms with E-state index in [-0.39, 0.29) is 26.3 Å². The molecule has 3 N–H and O–H groups in total. The highest BCUT2D eigenvalue weighted by Gasteiger charge is 2.19. The lowest BCUT2D eigenvalue weighted by molar-refractivity contribution is -0.125. The van der Waals surface area contributed by atoms with E-state index < -0.39 is 11.6 Å². The highest BCUT2D eigenvalue weighted by atomic mass is 16.4. The number of hydrogen-bond donors (Lipinski definition) is 3. The molecule has 0 aromatic heterocycles. The summed E-state index contributed by atoms with van der Waals surface area (Å²) in [5, 5.41) is 36.3. The minimum absolute atomic E-state index is 0.0277. The average molecular weight is 201 g/mol. The van der Waals surface area contributed by atoms with Gasteiger partial charge in [-0.2, -0.15) is 5.26 Å². The molecule has 0 bridgehead atoms. The van der Waals surface area contributed by atoms with Gasteiger partial charge in [-0.25, -0.2) is 0 Å². The van der Waals surface area contributed by atoms with Gasteiger partial charge in [0.25, 0.3) is 5.91 Å². The number of carbonyl (C=O) groups excluding carboxylic acids is 1. The number of amides is 1. The van der Waals surface area contributed by atoms with Crippen molar-refractivity contribution in [1.29, 1.82) is 5.26 Å². The number of hydrogen-bond acceptors (Lipinski definition) is 6. The Balaban J connectivity index is 4.51. The van der Waals surface area contributed by atoms with Crippen molar-refractivity contribution in [3.63, 3.8) is 0 Å². The Kier molecular flexibility index (Phi) is 6.02. The smallest absolute Gasteiger partial charge is 0.287 e. The maximum Gasteiger partial charge on any atom is 0.287 e. The van der Waals surface area contributed by atoms with Crippen molar-refractivity contribution in [2.75, 3.05) is 26.3 Å². The van der Waals surface area contributed by atoms with Gasteiger partial charge in [0.1, 0.15) is 6.07 Å². The molecule has 7 nitrogen and oxygen atoms in total. The molecular weight excluding hydrogens is 190 g/mol. The lowest BCUT2D eigenvalue weighted by Crippen LogP contribution is -2.39. The molecule has 0 aliphatic heterocycles. The Morgan fingerprint density at radius 2 is 1.86 bits per heavy atom. The van der Waals surface area contributed by atoms with Crippen LogP contribution in [0.2, 0.25) is 0 Å². The standard InChI is InChI=1S/C7H11N3O4/c8-5-6(9-14)7(13)10(1-3-11)2-4-12/h11-12,14H,1-4H2/b9-6-. The van der Waals surface area contributed by atoms with E-state index in [0.717, 1.165) is 4.90 Å². The van der Waals surface area contributed by atoms with E-state index in [0.29, 0.717) is 0 Å². The van der Waals surface area contributed by atoms with E-state index in [4.69, 9.17) is 20.7 Å². The molecule has 0 radical (unpaired) electrons. The molecule has 0 heterocycles. The van der Waals surface area contributed by atoms with Gasteiger partial charge in [0.2, 0.25) is 5.71 Å². The molecular formula is C7H11N3O4. The Hall–Kier alpha value is -1.65. The van der Waals surface area contributed by atoms with Crippen LogP contribution in [0.4, 0.5) is 0 Å². The molecule has 0 aliphatic rings. The molecule has 1 amide bonds. The van der Waals surface area contributed by atoms with Crippen LogP contribution in [0.25, 0.3) is 0 Å². The van der Waals surface area contributed by atoms with Crippen molar-refractivity contribution in [2.24, 2.45) is 5.16 Å². The van der Waals surface area contributed by atoms with Crippen LogP contribution in [0, 0.1) is 11.3 Å². The predicted octanol–water partition coefficient (Wildman–Crippen LogP) is -1.85. The van der Waals surface area contributed by atoms with E-state index in [1.165, 1.54) is 6.07 Å². The molecule has 0 atom stereocenters. The Bertz CT molecular complexity index is 252. The van der Waals surface area contributed by atoms with Gasteiger partial charge in [0, 0.05) is 13.1 Å². The molecule has 78 valence electrons. The molecule has 7 heteroatoms. The molecule has 0 spiro atoms. The van der Waals surface area contributed by atoms with Gasteiger partial charge in [-0.05, 0) is 0 Å². The quantitative estimate of drug-likeness (QED) is 0.274. The predicted molar refractivity (Wildman–Crippen MR) is 45.6 cm³/mol. The van der Waals surface area contributed by atoms with Crippen molar-refractivity contribution in [3.8, 4) is 6.07 Å². The topological polar surface area (TPSA) is 117 Å². The fraction of sp³-hybridized carbons (Fsp3) is 0.571. The average Bonchev–Trinajstić information content (AvgIpc) is 2.19. The fourth-order valence-corrected chi connectivity index (χ4v) is 0.819.